The van der Waals surface area contributed by atoms with E-state index in [9.17, 15) is 5.11 Å². The van der Waals surface area contributed by atoms with Crippen LogP contribution in [0.25, 0.3) is 0 Å². The fourth-order valence-electron chi connectivity index (χ4n) is 2.15. The number of fused-ring (bicyclic) bond motifs is 1. The fourth-order valence-corrected chi connectivity index (χ4v) is 2.71. The number of rotatable bonds is 2. The molecule has 0 atom stereocenters. The van der Waals surface area contributed by atoms with Crippen LogP contribution in [0.2, 0.25) is 0 Å². The van der Waals surface area contributed by atoms with Crippen LogP contribution in [-0.4, -0.2) is 23.9 Å². The lowest BCUT2D eigenvalue weighted by atomic mass is 10.0. The van der Waals surface area contributed by atoms with Gasteiger partial charge in [-0.3, -0.25) is 0 Å². The van der Waals surface area contributed by atoms with E-state index in [1.165, 1.54) is 0 Å². The van der Waals surface area contributed by atoms with Crippen LogP contribution >= 0.6 is 15.9 Å². The Kier molecular flexibility index (Phi) is 2.60. The summed E-state index contributed by atoms with van der Waals surface area (Å²) in [4.78, 5) is 0. The van der Waals surface area contributed by atoms with Crippen LogP contribution in [0.15, 0.2) is 10.5 Å². The van der Waals surface area contributed by atoms with Gasteiger partial charge in [-0.25, -0.2) is 0 Å². The monoisotopic (exact) mass is 298 g/mol. The summed E-state index contributed by atoms with van der Waals surface area (Å²) in [7, 11) is 0. The minimum atomic E-state index is -0.478. The highest BCUT2D eigenvalue weighted by atomic mass is 79.9. The molecule has 0 bridgehead atoms. The quantitative estimate of drug-likeness (QED) is 0.912. The summed E-state index contributed by atoms with van der Waals surface area (Å²) in [6.45, 7) is 3.23. The zero-order chi connectivity index (χ0) is 12.0. The summed E-state index contributed by atoms with van der Waals surface area (Å²) in [5.41, 5.74) is 1.80. The molecule has 0 saturated heterocycles. The van der Waals surface area contributed by atoms with Crippen LogP contribution in [0, 0.1) is 6.92 Å². The molecule has 4 heteroatoms. The zero-order valence-corrected chi connectivity index (χ0v) is 11.3. The van der Waals surface area contributed by atoms with E-state index in [0.29, 0.717) is 19.6 Å². The average Bonchev–Trinajstić information content (AvgIpc) is 3.04. The van der Waals surface area contributed by atoms with E-state index in [1.807, 2.05) is 13.0 Å². The Morgan fingerprint density at radius 3 is 2.76 bits per heavy atom. The highest BCUT2D eigenvalue weighted by Crippen LogP contribution is 2.45. The molecule has 1 saturated carbocycles. The molecule has 3 nitrogen and oxygen atoms in total. The summed E-state index contributed by atoms with van der Waals surface area (Å²) in [5.74, 6) is 1.58. The molecule has 1 aliphatic carbocycles. The van der Waals surface area contributed by atoms with E-state index >= 15 is 0 Å². The van der Waals surface area contributed by atoms with Crippen LogP contribution in [0.1, 0.15) is 24.0 Å². The van der Waals surface area contributed by atoms with Crippen molar-refractivity contribution in [3.63, 3.8) is 0 Å². The molecular weight excluding hydrogens is 284 g/mol. The minimum absolute atomic E-state index is 0.478. The lowest BCUT2D eigenvalue weighted by Gasteiger charge is -2.23. The number of halogens is 1. The third-order valence-electron chi connectivity index (χ3n) is 3.47. The third kappa shape index (κ3) is 2.04. The van der Waals surface area contributed by atoms with E-state index in [2.05, 4.69) is 15.9 Å². The zero-order valence-electron chi connectivity index (χ0n) is 9.75. The minimum Gasteiger partial charge on any atom is -0.486 e. The summed E-state index contributed by atoms with van der Waals surface area (Å²) in [6.07, 6.45) is 2.51. The van der Waals surface area contributed by atoms with Gasteiger partial charge in [0.05, 0.1) is 10.1 Å². The van der Waals surface area contributed by atoms with Gasteiger partial charge in [-0.1, -0.05) is 0 Å². The van der Waals surface area contributed by atoms with E-state index in [0.717, 1.165) is 39.9 Å². The maximum absolute atomic E-state index is 10.0. The van der Waals surface area contributed by atoms with Crippen LogP contribution in [0.3, 0.4) is 0 Å². The molecule has 0 amide bonds. The summed E-state index contributed by atoms with van der Waals surface area (Å²) in [6, 6.07) is 2.00. The van der Waals surface area contributed by atoms with Crippen LogP contribution in [0.4, 0.5) is 0 Å². The molecule has 1 heterocycles. The van der Waals surface area contributed by atoms with E-state index in [-0.39, 0.29) is 0 Å². The normalized spacial score (nSPS) is 20.2. The SMILES string of the molecule is Cc1c(CC2(O)CC2)cc2c(c1Br)OCCO2. The summed E-state index contributed by atoms with van der Waals surface area (Å²) in [5, 5.41) is 10.0. The summed E-state index contributed by atoms with van der Waals surface area (Å²) < 4.78 is 12.2. The molecule has 1 aromatic carbocycles. The molecule has 0 radical (unpaired) electrons. The number of aliphatic hydroxyl groups is 1. The molecule has 3 rings (SSSR count). The van der Waals surface area contributed by atoms with Gasteiger partial charge >= 0.3 is 0 Å². The average molecular weight is 299 g/mol. The van der Waals surface area contributed by atoms with Crippen molar-refractivity contribution in [2.24, 2.45) is 0 Å². The molecule has 92 valence electrons. The molecule has 1 N–H and O–H groups in total. The number of hydrogen-bond donors (Lipinski definition) is 1. The second kappa shape index (κ2) is 3.89. The first-order valence-corrected chi connectivity index (χ1v) is 6.68. The van der Waals surface area contributed by atoms with Crippen molar-refractivity contribution in [3.05, 3.63) is 21.7 Å². The maximum Gasteiger partial charge on any atom is 0.175 e. The second-order valence-corrected chi connectivity index (χ2v) is 5.69. The Labute approximate surface area is 109 Å². The molecule has 17 heavy (non-hydrogen) atoms. The first-order chi connectivity index (χ1) is 8.09. The van der Waals surface area contributed by atoms with Crippen molar-refractivity contribution in [1.82, 2.24) is 0 Å². The van der Waals surface area contributed by atoms with E-state index < -0.39 is 5.60 Å². The number of ether oxygens (including phenoxy) is 2. The van der Waals surface area contributed by atoms with Crippen LogP contribution < -0.4 is 9.47 Å². The van der Waals surface area contributed by atoms with E-state index in [4.69, 9.17) is 9.47 Å². The molecule has 1 aliphatic heterocycles. The topological polar surface area (TPSA) is 38.7 Å². The smallest absolute Gasteiger partial charge is 0.175 e. The van der Waals surface area contributed by atoms with Gasteiger partial charge in [-0.15, -0.1) is 0 Å². The Morgan fingerprint density at radius 1 is 1.35 bits per heavy atom. The predicted octanol–water partition coefficient (Wildman–Crippen LogP) is 2.60. The van der Waals surface area contributed by atoms with Crippen molar-refractivity contribution in [3.8, 4) is 11.5 Å². The Balaban J connectivity index is 2.01. The highest BCUT2D eigenvalue weighted by Gasteiger charge is 2.41. The Bertz CT molecular complexity index is 466. The van der Waals surface area contributed by atoms with Gasteiger partial charge in [0.25, 0.3) is 0 Å². The van der Waals surface area contributed by atoms with Gasteiger partial charge < -0.3 is 14.6 Å². The number of benzene rings is 1. The van der Waals surface area contributed by atoms with Gasteiger partial charge in [0, 0.05) is 6.42 Å². The highest BCUT2D eigenvalue weighted by molar-refractivity contribution is 9.10. The Morgan fingerprint density at radius 2 is 2.06 bits per heavy atom. The molecule has 1 fully saturated rings. The van der Waals surface area contributed by atoms with E-state index in [1.54, 1.807) is 0 Å². The molecule has 0 aromatic heterocycles. The molecular formula is C13H15BrO3. The van der Waals surface area contributed by atoms with Crippen molar-refractivity contribution in [1.29, 1.82) is 0 Å². The maximum atomic E-state index is 10.0. The first kappa shape index (κ1) is 11.4. The lowest BCUT2D eigenvalue weighted by molar-refractivity contribution is 0.149. The predicted molar refractivity (Wildman–Crippen MR) is 67.8 cm³/mol. The third-order valence-corrected chi connectivity index (χ3v) is 4.43. The van der Waals surface area contributed by atoms with Crippen molar-refractivity contribution in [2.75, 3.05) is 13.2 Å². The lowest BCUT2D eigenvalue weighted by Crippen LogP contribution is -2.18. The summed E-state index contributed by atoms with van der Waals surface area (Å²) >= 11 is 3.56. The van der Waals surface area contributed by atoms with Gasteiger partial charge in [-0.2, -0.15) is 0 Å². The van der Waals surface area contributed by atoms with Gasteiger partial charge in [0.2, 0.25) is 0 Å². The fraction of sp³-hybridized carbons (Fsp3) is 0.538. The first-order valence-electron chi connectivity index (χ1n) is 5.89. The van der Waals surface area contributed by atoms with Crippen molar-refractivity contribution in [2.45, 2.75) is 31.8 Å². The van der Waals surface area contributed by atoms with Crippen molar-refractivity contribution >= 4 is 15.9 Å². The van der Waals surface area contributed by atoms with Gasteiger partial charge in [-0.05, 0) is 52.9 Å². The number of hydrogen-bond acceptors (Lipinski definition) is 3. The Hall–Kier alpha value is -0.740. The molecule has 0 spiro atoms. The molecule has 2 aliphatic rings. The largest absolute Gasteiger partial charge is 0.486 e. The molecule has 1 aromatic rings. The standard InChI is InChI=1S/C13H15BrO3/c1-8-9(7-13(15)2-3-13)6-10-12(11(8)14)17-5-4-16-10/h6,15H,2-5,7H2,1H3. The van der Waals surface area contributed by atoms with Crippen LogP contribution in [-0.2, 0) is 6.42 Å². The van der Waals surface area contributed by atoms with Crippen molar-refractivity contribution < 1.29 is 14.6 Å². The van der Waals surface area contributed by atoms with Gasteiger partial charge in [0.1, 0.15) is 13.2 Å². The van der Waals surface area contributed by atoms with Crippen LogP contribution in [0.5, 0.6) is 11.5 Å². The van der Waals surface area contributed by atoms with Gasteiger partial charge in [0.15, 0.2) is 11.5 Å². The second-order valence-electron chi connectivity index (χ2n) is 4.90. The molecule has 0 unspecified atom stereocenters.